The van der Waals surface area contributed by atoms with Crippen LogP contribution in [0.1, 0.15) is 38.3 Å². The summed E-state index contributed by atoms with van der Waals surface area (Å²) in [4.78, 5) is 13.1. The number of hydrogen-bond acceptors (Lipinski definition) is 5. The molecule has 0 aliphatic carbocycles. The molecule has 154 valence electrons. The van der Waals surface area contributed by atoms with E-state index in [1.807, 2.05) is 19.1 Å². The van der Waals surface area contributed by atoms with Crippen LogP contribution in [-0.4, -0.2) is 37.8 Å². The molecular weight excluding hydrogens is 379 g/mol. The normalized spacial score (nSPS) is 28.4. The molecule has 2 N–H and O–H groups in total. The monoisotopic (exact) mass is 404 g/mol. The second kappa shape index (κ2) is 7.13. The van der Waals surface area contributed by atoms with E-state index >= 15 is 4.39 Å². The Kier molecular flexibility index (Phi) is 4.54. The predicted molar refractivity (Wildman–Crippen MR) is 116 cm³/mol. The summed E-state index contributed by atoms with van der Waals surface area (Å²) in [6.45, 7) is 6.17. The van der Waals surface area contributed by atoms with Crippen molar-refractivity contribution < 1.29 is 9.50 Å². The van der Waals surface area contributed by atoms with Crippen molar-refractivity contribution in [3.63, 3.8) is 0 Å². The quantitative estimate of drug-likeness (QED) is 0.664. The van der Waals surface area contributed by atoms with Crippen molar-refractivity contribution in [1.82, 2.24) is 20.3 Å². The van der Waals surface area contributed by atoms with Gasteiger partial charge in [-0.25, -0.2) is 4.39 Å². The number of piperidine rings is 2. The second-order valence-corrected chi connectivity index (χ2v) is 8.80. The van der Waals surface area contributed by atoms with Gasteiger partial charge in [0.15, 0.2) is 0 Å². The molecule has 2 aliphatic rings. The first-order valence-corrected chi connectivity index (χ1v) is 10.4. The molecule has 2 saturated heterocycles. The van der Waals surface area contributed by atoms with Crippen molar-refractivity contribution in [2.45, 2.75) is 50.4 Å². The van der Waals surface area contributed by atoms with E-state index < -0.39 is 11.7 Å². The molecule has 0 radical (unpaired) electrons. The molecule has 2 fully saturated rings. The van der Waals surface area contributed by atoms with E-state index in [2.05, 4.69) is 26.8 Å². The Bertz CT molecular complexity index is 1120. The molecule has 2 aromatic heterocycles. The van der Waals surface area contributed by atoms with Crippen LogP contribution in [0.3, 0.4) is 0 Å². The number of alkyl halides is 1. The lowest BCUT2D eigenvalue weighted by molar-refractivity contribution is 0.0325. The summed E-state index contributed by atoms with van der Waals surface area (Å²) in [6, 6.07) is 5.76. The van der Waals surface area contributed by atoms with E-state index in [4.69, 9.17) is 0 Å². The van der Waals surface area contributed by atoms with Crippen molar-refractivity contribution in [3.8, 4) is 17.0 Å². The fraction of sp³-hybridized carbons (Fsp3) is 0.375. The molecule has 0 spiro atoms. The maximum absolute atomic E-state index is 15.4. The van der Waals surface area contributed by atoms with Gasteiger partial charge in [0.2, 0.25) is 0 Å². The molecular formula is C24H25FN4O. The first-order valence-electron chi connectivity index (χ1n) is 10.4. The topological polar surface area (TPSA) is 70.9 Å². The molecule has 6 heteroatoms. The van der Waals surface area contributed by atoms with Crippen LogP contribution in [-0.2, 0) is 0 Å². The number of hydrogen-bond donors (Lipinski definition) is 2. The van der Waals surface area contributed by atoms with Gasteiger partial charge in [0.25, 0.3) is 0 Å². The zero-order valence-electron chi connectivity index (χ0n) is 17.0. The third-order valence-corrected chi connectivity index (χ3v) is 6.74. The number of pyridine rings is 1. The van der Waals surface area contributed by atoms with Gasteiger partial charge in [0.1, 0.15) is 11.9 Å². The summed E-state index contributed by atoms with van der Waals surface area (Å²) >= 11 is 0. The van der Waals surface area contributed by atoms with E-state index in [1.165, 1.54) is 0 Å². The van der Waals surface area contributed by atoms with Gasteiger partial charge in [-0.1, -0.05) is 6.58 Å². The highest BCUT2D eigenvalue weighted by Gasteiger charge is 2.48. The predicted octanol–water partition coefficient (Wildman–Crippen LogP) is 4.67. The van der Waals surface area contributed by atoms with Crippen molar-refractivity contribution in [2.75, 3.05) is 0 Å². The number of phenols is 1. The van der Waals surface area contributed by atoms with E-state index in [-0.39, 0.29) is 11.7 Å². The van der Waals surface area contributed by atoms with E-state index in [0.717, 1.165) is 36.5 Å². The maximum atomic E-state index is 15.4. The highest BCUT2D eigenvalue weighted by Crippen LogP contribution is 2.43. The SMILES string of the molecule is C=C(c1cnc(-c2cc3ccncc3cc2O)cn1)[C@@H]1C[C@H]2CCC[C@](C)(N2)[C@H]1F. The Hall–Kier alpha value is -2.86. The van der Waals surface area contributed by atoms with Crippen LogP contribution in [0.25, 0.3) is 27.6 Å². The molecule has 2 aliphatic heterocycles. The molecule has 0 amide bonds. The average Bonchev–Trinajstić information content (AvgIpc) is 2.75. The van der Waals surface area contributed by atoms with Crippen LogP contribution in [0, 0.1) is 5.92 Å². The summed E-state index contributed by atoms with van der Waals surface area (Å²) in [5.41, 5.74) is 1.99. The number of fused-ring (bicyclic) bond motifs is 3. The highest BCUT2D eigenvalue weighted by atomic mass is 19.1. The van der Waals surface area contributed by atoms with Crippen LogP contribution in [0.2, 0.25) is 0 Å². The van der Waals surface area contributed by atoms with Crippen molar-refractivity contribution >= 4 is 16.3 Å². The zero-order valence-corrected chi connectivity index (χ0v) is 17.0. The van der Waals surface area contributed by atoms with E-state index in [9.17, 15) is 5.11 Å². The van der Waals surface area contributed by atoms with Crippen LogP contribution in [0.15, 0.2) is 49.6 Å². The fourth-order valence-electron chi connectivity index (χ4n) is 5.06. The molecule has 4 heterocycles. The molecule has 5 rings (SSSR count). The Labute approximate surface area is 175 Å². The van der Waals surface area contributed by atoms with Crippen molar-refractivity contribution in [3.05, 3.63) is 55.3 Å². The van der Waals surface area contributed by atoms with Gasteiger partial charge >= 0.3 is 0 Å². The molecule has 0 saturated carbocycles. The lowest BCUT2D eigenvalue weighted by atomic mass is 9.69. The molecule has 4 atom stereocenters. The smallest absolute Gasteiger partial charge is 0.125 e. The molecule has 5 nitrogen and oxygen atoms in total. The standard InChI is InChI=1S/C24H25FN4O/c1-14(18-10-17-4-3-6-24(2,29-17)23(18)25)20-12-28-21(13-27-20)19-8-15-5-7-26-11-16(15)9-22(19)30/h5,7-9,11-13,17-18,23,29-30H,1,3-4,6,10H2,2H3/t17-,18+,23+,24+/m1/s1. The maximum Gasteiger partial charge on any atom is 0.125 e. The number of nitrogens with zero attached hydrogens (tertiary/aromatic N) is 3. The number of rotatable bonds is 3. The Balaban J connectivity index is 1.43. The first kappa shape index (κ1) is 19.1. The van der Waals surface area contributed by atoms with Gasteiger partial charge in [-0.2, -0.15) is 0 Å². The molecule has 3 aromatic rings. The third-order valence-electron chi connectivity index (χ3n) is 6.74. The van der Waals surface area contributed by atoms with Crippen LogP contribution in [0.5, 0.6) is 5.75 Å². The minimum atomic E-state index is -0.999. The Morgan fingerprint density at radius 1 is 1.23 bits per heavy atom. The minimum absolute atomic E-state index is 0.124. The molecule has 2 bridgehead atoms. The summed E-state index contributed by atoms with van der Waals surface area (Å²) in [7, 11) is 0. The number of aromatic hydroxyl groups is 1. The zero-order chi connectivity index (χ0) is 20.9. The number of nitrogens with one attached hydrogen (secondary N) is 1. The van der Waals surface area contributed by atoms with Gasteiger partial charge in [-0.15, -0.1) is 0 Å². The van der Waals surface area contributed by atoms with Crippen LogP contribution >= 0.6 is 0 Å². The fourth-order valence-corrected chi connectivity index (χ4v) is 5.06. The average molecular weight is 404 g/mol. The summed E-state index contributed by atoms with van der Waals surface area (Å²) in [5, 5.41) is 15.7. The van der Waals surface area contributed by atoms with Crippen molar-refractivity contribution in [1.29, 1.82) is 0 Å². The second-order valence-electron chi connectivity index (χ2n) is 8.80. The number of allylic oxidation sites excluding steroid dienone is 1. The summed E-state index contributed by atoms with van der Waals surface area (Å²) in [6.07, 6.45) is 9.40. The molecule has 0 unspecified atom stereocenters. The summed E-state index contributed by atoms with van der Waals surface area (Å²) < 4.78 is 15.4. The number of benzene rings is 1. The number of aromatic nitrogens is 3. The highest BCUT2D eigenvalue weighted by molar-refractivity contribution is 5.89. The Morgan fingerprint density at radius 2 is 2.10 bits per heavy atom. The molecule has 1 aromatic carbocycles. The first-order chi connectivity index (χ1) is 14.4. The van der Waals surface area contributed by atoms with Crippen LogP contribution in [0.4, 0.5) is 4.39 Å². The van der Waals surface area contributed by atoms with Crippen molar-refractivity contribution in [2.24, 2.45) is 5.92 Å². The minimum Gasteiger partial charge on any atom is -0.507 e. The van der Waals surface area contributed by atoms with Gasteiger partial charge in [-0.05, 0) is 61.8 Å². The van der Waals surface area contributed by atoms with Gasteiger partial charge in [0, 0.05) is 40.8 Å². The van der Waals surface area contributed by atoms with Gasteiger partial charge in [-0.3, -0.25) is 15.0 Å². The molecule has 30 heavy (non-hydrogen) atoms. The van der Waals surface area contributed by atoms with E-state index in [1.54, 1.807) is 30.9 Å². The lowest BCUT2D eigenvalue weighted by Crippen LogP contribution is -2.63. The van der Waals surface area contributed by atoms with Gasteiger partial charge < -0.3 is 10.4 Å². The van der Waals surface area contributed by atoms with E-state index in [0.29, 0.717) is 28.6 Å². The Morgan fingerprint density at radius 3 is 2.90 bits per heavy atom. The van der Waals surface area contributed by atoms with Crippen LogP contribution < -0.4 is 5.32 Å². The van der Waals surface area contributed by atoms with Gasteiger partial charge in [0.05, 0.1) is 23.8 Å². The summed E-state index contributed by atoms with van der Waals surface area (Å²) in [5.74, 6) is -0.137. The number of phenolic OH excluding ortho intramolecular Hbond substituents is 1. The number of halogens is 1. The third kappa shape index (κ3) is 3.16. The lowest BCUT2D eigenvalue weighted by Gasteiger charge is -2.50. The largest absolute Gasteiger partial charge is 0.507 e.